The van der Waals surface area contributed by atoms with Crippen LogP contribution in [0.3, 0.4) is 0 Å². The first-order valence-corrected chi connectivity index (χ1v) is 7.64. The Labute approximate surface area is 117 Å². The smallest absolute Gasteiger partial charge is 0.410 e. The zero-order valence-electron chi connectivity index (χ0n) is 12.7. The van der Waals surface area contributed by atoms with Gasteiger partial charge in [0.15, 0.2) is 0 Å². The van der Waals surface area contributed by atoms with Crippen molar-refractivity contribution in [1.82, 2.24) is 9.80 Å². The van der Waals surface area contributed by atoms with E-state index in [4.69, 9.17) is 4.74 Å². The third-order valence-electron chi connectivity index (χ3n) is 3.89. The lowest BCUT2D eigenvalue weighted by atomic mass is 9.95. The fourth-order valence-electron chi connectivity index (χ4n) is 2.84. The molecule has 0 aromatic heterocycles. The van der Waals surface area contributed by atoms with Gasteiger partial charge in [-0.2, -0.15) is 0 Å². The third-order valence-corrected chi connectivity index (χ3v) is 3.89. The molecule has 0 unspecified atom stereocenters. The van der Waals surface area contributed by atoms with Crippen molar-refractivity contribution in [2.75, 3.05) is 32.7 Å². The van der Waals surface area contributed by atoms with Crippen LogP contribution in [-0.4, -0.2) is 54.2 Å². The van der Waals surface area contributed by atoms with Gasteiger partial charge in [-0.1, -0.05) is 0 Å². The first kappa shape index (κ1) is 14.6. The molecule has 0 atom stereocenters. The Morgan fingerprint density at radius 1 is 1.21 bits per heavy atom. The van der Waals surface area contributed by atoms with Gasteiger partial charge in [0, 0.05) is 13.1 Å². The molecule has 2 aliphatic heterocycles. The average Bonchev–Trinajstić information content (AvgIpc) is 2.71. The maximum absolute atomic E-state index is 11.8. The van der Waals surface area contributed by atoms with Crippen molar-refractivity contribution in [3.05, 3.63) is 0 Å². The van der Waals surface area contributed by atoms with Gasteiger partial charge in [-0.25, -0.2) is 4.79 Å². The first-order valence-electron chi connectivity index (χ1n) is 7.64. The van der Waals surface area contributed by atoms with E-state index >= 15 is 0 Å². The number of nitrogens with zero attached hydrogens (tertiary/aromatic N) is 2. The summed E-state index contributed by atoms with van der Waals surface area (Å²) in [5.74, 6) is 0.690. The number of carbonyl (C=O) groups excluding carboxylic acids is 1. The minimum Gasteiger partial charge on any atom is -0.444 e. The van der Waals surface area contributed by atoms with Gasteiger partial charge in [-0.15, -0.1) is 0 Å². The summed E-state index contributed by atoms with van der Waals surface area (Å²) in [6.07, 6.45) is 5.11. The van der Waals surface area contributed by atoms with Crippen LogP contribution in [0, 0.1) is 5.92 Å². The van der Waals surface area contributed by atoms with Crippen molar-refractivity contribution in [1.29, 1.82) is 0 Å². The second-order valence-electron chi connectivity index (χ2n) is 6.94. The second kappa shape index (κ2) is 6.12. The second-order valence-corrected chi connectivity index (χ2v) is 6.94. The highest BCUT2D eigenvalue weighted by Crippen LogP contribution is 2.23. The standard InChI is InChI=1S/C15H28N2O2/c1-15(2,3)19-14(18)17-11-13(12-17)7-6-10-16-8-4-5-9-16/h13H,4-12H2,1-3H3. The van der Waals surface area contributed by atoms with Crippen molar-refractivity contribution in [2.24, 2.45) is 5.92 Å². The molecule has 4 heteroatoms. The first-order chi connectivity index (χ1) is 8.94. The predicted molar refractivity (Wildman–Crippen MR) is 76.2 cm³/mol. The molecule has 4 nitrogen and oxygen atoms in total. The van der Waals surface area contributed by atoms with E-state index in [1.807, 2.05) is 25.7 Å². The number of likely N-dealkylation sites (tertiary alicyclic amines) is 2. The average molecular weight is 268 g/mol. The molecule has 19 heavy (non-hydrogen) atoms. The van der Waals surface area contributed by atoms with Gasteiger partial charge >= 0.3 is 6.09 Å². The van der Waals surface area contributed by atoms with Gasteiger partial charge < -0.3 is 14.5 Å². The van der Waals surface area contributed by atoms with Crippen molar-refractivity contribution in [3.8, 4) is 0 Å². The van der Waals surface area contributed by atoms with Crippen molar-refractivity contribution in [3.63, 3.8) is 0 Å². The van der Waals surface area contributed by atoms with Crippen LogP contribution in [0.4, 0.5) is 4.79 Å². The van der Waals surface area contributed by atoms with E-state index in [1.165, 1.54) is 45.3 Å². The summed E-state index contributed by atoms with van der Waals surface area (Å²) in [4.78, 5) is 16.1. The summed E-state index contributed by atoms with van der Waals surface area (Å²) < 4.78 is 5.35. The molecular formula is C15H28N2O2. The molecule has 0 bridgehead atoms. The molecule has 2 saturated heterocycles. The van der Waals surface area contributed by atoms with E-state index in [-0.39, 0.29) is 11.7 Å². The lowest BCUT2D eigenvalue weighted by Gasteiger charge is -2.40. The number of carbonyl (C=O) groups is 1. The van der Waals surface area contributed by atoms with Crippen LogP contribution >= 0.6 is 0 Å². The molecular weight excluding hydrogens is 240 g/mol. The van der Waals surface area contributed by atoms with E-state index < -0.39 is 0 Å². The molecule has 0 radical (unpaired) electrons. The van der Waals surface area contributed by atoms with E-state index in [2.05, 4.69) is 4.90 Å². The molecule has 0 aromatic rings. The topological polar surface area (TPSA) is 32.8 Å². The SMILES string of the molecule is CC(C)(C)OC(=O)N1CC(CCCN2CCCC2)C1. The van der Waals surface area contributed by atoms with Gasteiger partial charge in [0.05, 0.1) is 0 Å². The summed E-state index contributed by atoms with van der Waals surface area (Å²) in [6, 6.07) is 0. The summed E-state index contributed by atoms with van der Waals surface area (Å²) in [7, 11) is 0. The molecule has 1 amide bonds. The van der Waals surface area contributed by atoms with Crippen LogP contribution in [0.1, 0.15) is 46.5 Å². The Morgan fingerprint density at radius 2 is 1.84 bits per heavy atom. The Hall–Kier alpha value is -0.770. The molecule has 2 fully saturated rings. The molecule has 0 aliphatic carbocycles. The van der Waals surface area contributed by atoms with Gasteiger partial charge in [0.25, 0.3) is 0 Å². The fraction of sp³-hybridized carbons (Fsp3) is 0.933. The zero-order chi connectivity index (χ0) is 13.9. The van der Waals surface area contributed by atoms with Crippen LogP contribution in [0.25, 0.3) is 0 Å². The minimum atomic E-state index is -0.377. The number of hydrogen-bond acceptors (Lipinski definition) is 3. The molecule has 2 rings (SSSR count). The molecule has 2 heterocycles. The summed E-state index contributed by atoms with van der Waals surface area (Å²) in [5, 5.41) is 0. The molecule has 0 aromatic carbocycles. The summed E-state index contributed by atoms with van der Waals surface area (Å²) >= 11 is 0. The summed E-state index contributed by atoms with van der Waals surface area (Å²) in [5.41, 5.74) is -0.377. The maximum Gasteiger partial charge on any atom is 0.410 e. The van der Waals surface area contributed by atoms with Gasteiger partial charge in [-0.3, -0.25) is 0 Å². The van der Waals surface area contributed by atoms with Crippen molar-refractivity contribution < 1.29 is 9.53 Å². The quantitative estimate of drug-likeness (QED) is 0.786. The van der Waals surface area contributed by atoms with Crippen LogP contribution in [0.15, 0.2) is 0 Å². The van der Waals surface area contributed by atoms with Gasteiger partial charge in [-0.05, 0) is 72.0 Å². The molecule has 2 aliphatic rings. The Bertz CT molecular complexity index is 300. The largest absolute Gasteiger partial charge is 0.444 e. The van der Waals surface area contributed by atoms with Crippen LogP contribution in [0.5, 0.6) is 0 Å². The normalized spacial score (nSPS) is 21.5. The highest BCUT2D eigenvalue weighted by atomic mass is 16.6. The van der Waals surface area contributed by atoms with Gasteiger partial charge in [0.2, 0.25) is 0 Å². The van der Waals surface area contributed by atoms with E-state index in [0.29, 0.717) is 5.92 Å². The number of rotatable bonds is 4. The Balaban J connectivity index is 1.54. The monoisotopic (exact) mass is 268 g/mol. The summed E-state index contributed by atoms with van der Waals surface area (Å²) in [6.45, 7) is 11.3. The Morgan fingerprint density at radius 3 is 2.42 bits per heavy atom. The van der Waals surface area contributed by atoms with Crippen molar-refractivity contribution >= 4 is 6.09 Å². The van der Waals surface area contributed by atoms with E-state index in [1.54, 1.807) is 0 Å². The van der Waals surface area contributed by atoms with Crippen molar-refractivity contribution in [2.45, 2.75) is 52.1 Å². The fourth-order valence-corrected chi connectivity index (χ4v) is 2.84. The third kappa shape index (κ3) is 4.68. The highest BCUT2D eigenvalue weighted by molar-refractivity contribution is 5.69. The van der Waals surface area contributed by atoms with Gasteiger partial charge in [0.1, 0.15) is 5.60 Å². The molecule has 0 N–H and O–H groups in total. The molecule has 0 saturated carbocycles. The molecule has 0 spiro atoms. The number of hydrogen-bond donors (Lipinski definition) is 0. The number of ether oxygens (including phenoxy) is 1. The lowest BCUT2D eigenvalue weighted by Crippen LogP contribution is -2.51. The van der Waals surface area contributed by atoms with Crippen LogP contribution in [-0.2, 0) is 4.74 Å². The van der Waals surface area contributed by atoms with Crippen LogP contribution < -0.4 is 0 Å². The predicted octanol–water partition coefficient (Wildman–Crippen LogP) is 2.73. The molecule has 110 valence electrons. The maximum atomic E-state index is 11.8. The minimum absolute atomic E-state index is 0.150. The number of amides is 1. The van der Waals surface area contributed by atoms with E-state index in [0.717, 1.165) is 13.1 Å². The highest BCUT2D eigenvalue weighted by Gasteiger charge is 2.33. The Kier molecular flexibility index (Phi) is 4.71. The van der Waals surface area contributed by atoms with Crippen LogP contribution in [0.2, 0.25) is 0 Å². The lowest BCUT2D eigenvalue weighted by molar-refractivity contribution is -0.00259. The van der Waals surface area contributed by atoms with E-state index in [9.17, 15) is 4.79 Å². The zero-order valence-corrected chi connectivity index (χ0v) is 12.7.